The molecule has 20 heavy (non-hydrogen) atoms. The smallest absolute Gasteiger partial charge is 0.240 e. The highest BCUT2D eigenvalue weighted by Gasteiger charge is 2.14. The maximum Gasteiger partial charge on any atom is 0.240 e. The summed E-state index contributed by atoms with van der Waals surface area (Å²) in [6, 6.07) is 6.14. The number of carbonyl (C=O) groups excluding carboxylic acids is 1. The fourth-order valence-electron chi connectivity index (χ4n) is 1.40. The number of sulfonamides is 1. The van der Waals surface area contributed by atoms with Crippen molar-refractivity contribution in [2.45, 2.75) is 24.3 Å². The van der Waals surface area contributed by atoms with Gasteiger partial charge in [0.05, 0.1) is 4.90 Å². The third-order valence-electron chi connectivity index (χ3n) is 2.53. The number of nitrogens with one attached hydrogen (secondary N) is 2. The zero-order valence-corrected chi connectivity index (χ0v) is 13.5. The van der Waals surface area contributed by atoms with E-state index >= 15 is 0 Å². The molecule has 0 saturated carbocycles. The molecule has 0 bridgehead atoms. The van der Waals surface area contributed by atoms with Gasteiger partial charge >= 0.3 is 0 Å². The standard InChI is InChI=1S/C12H18BrN3O3S/c1-9(8-14)16-12(17)6-7-15-20(18,19)11-4-2-10(13)3-5-11/h2-5,9,15H,6-8,14H2,1H3,(H,16,17)/t9-/m0/s1. The Kier molecular flexibility index (Phi) is 6.60. The van der Waals surface area contributed by atoms with E-state index in [-0.39, 0.29) is 29.8 Å². The molecule has 1 amide bonds. The number of halogens is 1. The van der Waals surface area contributed by atoms with Crippen molar-refractivity contribution in [1.82, 2.24) is 10.0 Å². The average Bonchev–Trinajstić information content (AvgIpc) is 2.38. The molecule has 0 aliphatic heterocycles. The average molecular weight is 364 g/mol. The number of nitrogens with two attached hydrogens (primary N) is 1. The van der Waals surface area contributed by atoms with Gasteiger partial charge in [-0.2, -0.15) is 0 Å². The molecule has 0 unspecified atom stereocenters. The molecule has 6 nitrogen and oxygen atoms in total. The molecule has 0 spiro atoms. The van der Waals surface area contributed by atoms with E-state index in [9.17, 15) is 13.2 Å². The Labute approximate surface area is 127 Å². The number of benzene rings is 1. The van der Waals surface area contributed by atoms with Crippen LogP contribution in [0.15, 0.2) is 33.6 Å². The van der Waals surface area contributed by atoms with E-state index in [1.807, 2.05) is 0 Å². The first-order valence-corrected chi connectivity index (χ1v) is 8.37. The normalized spacial score (nSPS) is 12.9. The summed E-state index contributed by atoms with van der Waals surface area (Å²) in [6.07, 6.45) is 0.0695. The van der Waals surface area contributed by atoms with Gasteiger partial charge in [0.1, 0.15) is 0 Å². The van der Waals surface area contributed by atoms with Gasteiger partial charge in [-0.1, -0.05) is 15.9 Å². The van der Waals surface area contributed by atoms with Crippen molar-refractivity contribution < 1.29 is 13.2 Å². The zero-order chi connectivity index (χ0) is 15.2. The van der Waals surface area contributed by atoms with Gasteiger partial charge in [0, 0.05) is 30.0 Å². The van der Waals surface area contributed by atoms with Crippen LogP contribution < -0.4 is 15.8 Å². The largest absolute Gasteiger partial charge is 0.352 e. The van der Waals surface area contributed by atoms with Crippen LogP contribution in [0.25, 0.3) is 0 Å². The molecule has 4 N–H and O–H groups in total. The number of carbonyl (C=O) groups is 1. The summed E-state index contributed by atoms with van der Waals surface area (Å²) in [7, 11) is -3.58. The van der Waals surface area contributed by atoms with Gasteiger partial charge in [-0.05, 0) is 31.2 Å². The molecule has 1 aromatic rings. The van der Waals surface area contributed by atoms with Gasteiger partial charge in [0.15, 0.2) is 0 Å². The van der Waals surface area contributed by atoms with Gasteiger partial charge in [0.2, 0.25) is 15.9 Å². The van der Waals surface area contributed by atoms with Crippen molar-refractivity contribution in [3.05, 3.63) is 28.7 Å². The van der Waals surface area contributed by atoms with Crippen LogP contribution in [0.5, 0.6) is 0 Å². The van der Waals surface area contributed by atoms with Crippen molar-refractivity contribution in [2.75, 3.05) is 13.1 Å². The first-order chi connectivity index (χ1) is 9.35. The molecule has 0 heterocycles. The van der Waals surface area contributed by atoms with Crippen LogP contribution in [-0.2, 0) is 14.8 Å². The predicted octanol–water partition coefficient (Wildman–Crippen LogP) is 0.581. The zero-order valence-electron chi connectivity index (χ0n) is 11.1. The Bertz CT molecular complexity index is 546. The minimum atomic E-state index is -3.58. The number of hydrogen-bond acceptors (Lipinski definition) is 4. The minimum Gasteiger partial charge on any atom is -0.352 e. The first kappa shape index (κ1) is 17.1. The second kappa shape index (κ2) is 7.72. The SMILES string of the molecule is C[C@@H](CN)NC(=O)CCNS(=O)(=O)c1ccc(Br)cc1. The molecule has 0 aromatic heterocycles. The Hall–Kier alpha value is -0.960. The molecular formula is C12H18BrN3O3S. The molecule has 1 aromatic carbocycles. The molecule has 8 heteroatoms. The van der Waals surface area contributed by atoms with Gasteiger partial charge in [-0.3, -0.25) is 4.79 Å². The second-order valence-electron chi connectivity index (χ2n) is 4.31. The Morgan fingerprint density at radius 1 is 1.35 bits per heavy atom. The van der Waals surface area contributed by atoms with Crippen LogP contribution in [0.4, 0.5) is 0 Å². The fraction of sp³-hybridized carbons (Fsp3) is 0.417. The third kappa shape index (κ3) is 5.58. The topological polar surface area (TPSA) is 101 Å². The summed E-state index contributed by atoms with van der Waals surface area (Å²) < 4.78 is 27.0. The summed E-state index contributed by atoms with van der Waals surface area (Å²) in [5.41, 5.74) is 5.38. The summed E-state index contributed by atoms with van der Waals surface area (Å²) in [5.74, 6) is -0.235. The van der Waals surface area contributed by atoms with Gasteiger partial charge < -0.3 is 11.1 Å². The molecule has 0 aliphatic rings. The summed E-state index contributed by atoms with van der Waals surface area (Å²) in [5, 5.41) is 2.66. The monoisotopic (exact) mass is 363 g/mol. The summed E-state index contributed by atoms with van der Waals surface area (Å²) in [4.78, 5) is 11.6. The van der Waals surface area contributed by atoms with Crippen molar-refractivity contribution in [3.63, 3.8) is 0 Å². The van der Waals surface area contributed by atoms with E-state index in [4.69, 9.17) is 5.73 Å². The highest BCUT2D eigenvalue weighted by molar-refractivity contribution is 9.10. The van der Waals surface area contributed by atoms with Crippen molar-refractivity contribution in [3.8, 4) is 0 Å². The third-order valence-corrected chi connectivity index (χ3v) is 4.53. The highest BCUT2D eigenvalue weighted by Crippen LogP contribution is 2.14. The Morgan fingerprint density at radius 3 is 2.50 bits per heavy atom. The van der Waals surface area contributed by atoms with Crippen LogP contribution in [0.3, 0.4) is 0 Å². The lowest BCUT2D eigenvalue weighted by atomic mass is 10.3. The van der Waals surface area contributed by atoms with Gasteiger partial charge in [0.25, 0.3) is 0 Å². The molecule has 0 saturated heterocycles. The van der Waals surface area contributed by atoms with Gasteiger partial charge in [-0.25, -0.2) is 13.1 Å². The number of hydrogen-bond donors (Lipinski definition) is 3. The lowest BCUT2D eigenvalue weighted by molar-refractivity contribution is -0.121. The maximum absolute atomic E-state index is 11.9. The summed E-state index contributed by atoms with van der Waals surface area (Å²) >= 11 is 3.24. The molecule has 1 atom stereocenters. The highest BCUT2D eigenvalue weighted by atomic mass is 79.9. The first-order valence-electron chi connectivity index (χ1n) is 6.10. The van der Waals surface area contributed by atoms with Crippen LogP contribution >= 0.6 is 15.9 Å². The molecule has 1 rings (SSSR count). The van der Waals surface area contributed by atoms with E-state index in [1.54, 1.807) is 19.1 Å². The van der Waals surface area contributed by atoms with E-state index < -0.39 is 10.0 Å². The molecule has 112 valence electrons. The molecule has 0 fully saturated rings. The molecular weight excluding hydrogens is 346 g/mol. The second-order valence-corrected chi connectivity index (χ2v) is 6.99. The van der Waals surface area contributed by atoms with Crippen LogP contribution in [0.2, 0.25) is 0 Å². The van der Waals surface area contributed by atoms with E-state index in [0.29, 0.717) is 6.54 Å². The van der Waals surface area contributed by atoms with E-state index in [2.05, 4.69) is 26.0 Å². The van der Waals surface area contributed by atoms with E-state index in [1.165, 1.54) is 12.1 Å². The lowest BCUT2D eigenvalue weighted by Crippen LogP contribution is -2.39. The van der Waals surface area contributed by atoms with E-state index in [0.717, 1.165) is 4.47 Å². The van der Waals surface area contributed by atoms with Crippen molar-refractivity contribution in [1.29, 1.82) is 0 Å². The fourth-order valence-corrected chi connectivity index (χ4v) is 2.70. The Balaban J connectivity index is 2.48. The summed E-state index contributed by atoms with van der Waals surface area (Å²) in [6.45, 7) is 2.17. The minimum absolute atomic E-state index is 0.0432. The molecule has 0 radical (unpaired) electrons. The predicted molar refractivity (Wildman–Crippen MR) is 80.6 cm³/mol. The van der Waals surface area contributed by atoms with Crippen LogP contribution in [-0.4, -0.2) is 33.5 Å². The number of amides is 1. The maximum atomic E-state index is 11.9. The van der Waals surface area contributed by atoms with Crippen LogP contribution in [0.1, 0.15) is 13.3 Å². The lowest BCUT2D eigenvalue weighted by Gasteiger charge is -2.11. The van der Waals surface area contributed by atoms with Gasteiger partial charge in [-0.15, -0.1) is 0 Å². The number of rotatable bonds is 7. The molecule has 0 aliphatic carbocycles. The Morgan fingerprint density at radius 2 is 1.95 bits per heavy atom. The van der Waals surface area contributed by atoms with Crippen molar-refractivity contribution in [2.24, 2.45) is 5.73 Å². The van der Waals surface area contributed by atoms with Crippen molar-refractivity contribution >= 4 is 31.9 Å². The quantitative estimate of drug-likeness (QED) is 0.659. The van der Waals surface area contributed by atoms with Crippen LogP contribution in [0, 0.1) is 0 Å².